The number of nitrogens with zero attached hydrogens (tertiary/aromatic N) is 3. The fourth-order valence-corrected chi connectivity index (χ4v) is 2.91. The first kappa shape index (κ1) is 14.3. The Labute approximate surface area is 116 Å². The quantitative estimate of drug-likeness (QED) is 0.884. The first-order chi connectivity index (χ1) is 8.98. The van der Waals surface area contributed by atoms with Gasteiger partial charge in [0, 0.05) is 24.3 Å². The molecule has 0 aromatic carbocycles. The molecule has 1 aromatic heterocycles. The molecule has 2 rings (SSSR count). The fourth-order valence-electron chi connectivity index (χ4n) is 2.91. The van der Waals surface area contributed by atoms with E-state index in [0.717, 1.165) is 31.7 Å². The molecule has 0 saturated heterocycles. The third kappa shape index (κ3) is 3.90. The van der Waals surface area contributed by atoms with Gasteiger partial charge in [0.2, 0.25) is 0 Å². The Kier molecular flexibility index (Phi) is 4.40. The highest BCUT2D eigenvalue weighted by atomic mass is 15.1. The van der Waals surface area contributed by atoms with Gasteiger partial charge in [0.1, 0.15) is 12.1 Å². The lowest BCUT2D eigenvalue weighted by Crippen LogP contribution is -2.34. The Morgan fingerprint density at radius 3 is 2.68 bits per heavy atom. The van der Waals surface area contributed by atoms with E-state index in [1.54, 1.807) is 6.33 Å². The first-order valence-corrected chi connectivity index (χ1v) is 7.19. The highest BCUT2D eigenvalue weighted by Crippen LogP contribution is 2.25. The maximum atomic E-state index is 4.44. The van der Waals surface area contributed by atoms with Crippen molar-refractivity contribution in [1.82, 2.24) is 14.9 Å². The molecule has 0 bridgehead atoms. The molecule has 0 saturated carbocycles. The van der Waals surface area contributed by atoms with Crippen LogP contribution in [-0.2, 0) is 12.8 Å². The van der Waals surface area contributed by atoms with Crippen molar-refractivity contribution >= 4 is 5.82 Å². The highest BCUT2D eigenvalue weighted by Gasteiger charge is 2.21. The molecule has 0 unspecified atom stereocenters. The molecule has 1 aromatic rings. The normalized spacial score (nSPS) is 15.4. The second kappa shape index (κ2) is 5.87. The zero-order valence-corrected chi connectivity index (χ0v) is 12.7. The molecule has 0 fully saturated rings. The summed E-state index contributed by atoms with van der Waals surface area (Å²) in [6.45, 7) is 6.57. The summed E-state index contributed by atoms with van der Waals surface area (Å²) >= 11 is 0. The number of fused-ring (bicyclic) bond motifs is 1. The minimum Gasteiger partial charge on any atom is -0.369 e. The van der Waals surface area contributed by atoms with Gasteiger partial charge in [0.15, 0.2) is 0 Å². The van der Waals surface area contributed by atoms with Crippen molar-refractivity contribution in [3.05, 3.63) is 17.6 Å². The summed E-state index contributed by atoms with van der Waals surface area (Å²) in [5, 5.41) is 3.54. The third-order valence-electron chi connectivity index (χ3n) is 3.60. The topological polar surface area (TPSA) is 41.0 Å². The van der Waals surface area contributed by atoms with Crippen molar-refractivity contribution in [2.75, 3.05) is 32.5 Å². The minimum atomic E-state index is 0.232. The van der Waals surface area contributed by atoms with E-state index in [2.05, 4.69) is 48.1 Å². The van der Waals surface area contributed by atoms with Gasteiger partial charge >= 0.3 is 0 Å². The third-order valence-corrected chi connectivity index (χ3v) is 3.60. The maximum Gasteiger partial charge on any atom is 0.132 e. The molecule has 106 valence electrons. The van der Waals surface area contributed by atoms with Gasteiger partial charge in [-0.05, 0) is 45.2 Å². The van der Waals surface area contributed by atoms with Crippen LogP contribution in [0.1, 0.15) is 37.9 Å². The molecule has 0 amide bonds. The van der Waals surface area contributed by atoms with E-state index in [1.165, 1.54) is 24.1 Å². The van der Waals surface area contributed by atoms with Crippen LogP contribution in [0.25, 0.3) is 0 Å². The van der Waals surface area contributed by atoms with Crippen LogP contribution < -0.4 is 5.32 Å². The summed E-state index contributed by atoms with van der Waals surface area (Å²) in [4.78, 5) is 11.1. The first-order valence-electron chi connectivity index (χ1n) is 7.19. The molecule has 19 heavy (non-hydrogen) atoms. The number of hydrogen-bond acceptors (Lipinski definition) is 4. The molecular weight excluding hydrogens is 236 g/mol. The smallest absolute Gasteiger partial charge is 0.132 e. The molecular formula is C15H26N4. The summed E-state index contributed by atoms with van der Waals surface area (Å²) in [5.41, 5.74) is 2.82. The van der Waals surface area contributed by atoms with Crippen molar-refractivity contribution in [2.45, 2.75) is 39.5 Å². The maximum absolute atomic E-state index is 4.44. The lowest BCUT2D eigenvalue weighted by Gasteiger charge is -2.29. The standard InChI is InChI=1S/C15H26N4/c1-15(2,10-19(3)4)9-16-14-12-7-5-6-8-13(12)17-11-18-14/h11H,5-10H2,1-4H3,(H,16,17,18). The van der Waals surface area contributed by atoms with Crippen LogP contribution in [0.3, 0.4) is 0 Å². The van der Waals surface area contributed by atoms with E-state index in [-0.39, 0.29) is 5.41 Å². The zero-order chi connectivity index (χ0) is 13.9. The van der Waals surface area contributed by atoms with E-state index < -0.39 is 0 Å². The SMILES string of the molecule is CN(C)CC(C)(C)CNc1ncnc2c1CCCC2. The lowest BCUT2D eigenvalue weighted by molar-refractivity contribution is 0.254. The summed E-state index contributed by atoms with van der Waals surface area (Å²) in [6.07, 6.45) is 6.44. The molecule has 4 heteroatoms. The van der Waals surface area contributed by atoms with Crippen molar-refractivity contribution in [2.24, 2.45) is 5.41 Å². The van der Waals surface area contributed by atoms with Gasteiger partial charge in [0.05, 0.1) is 0 Å². The molecule has 0 atom stereocenters. The zero-order valence-electron chi connectivity index (χ0n) is 12.7. The summed E-state index contributed by atoms with van der Waals surface area (Å²) in [6, 6.07) is 0. The Morgan fingerprint density at radius 1 is 1.21 bits per heavy atom. The van der Waals surface area contributed by atoms with E-state index in [0.29, 0.717) is 0 Å². The lowest BCUT2D eigenvalue weighted by atomic mass is 9.92. The van der Waals surface area contributed by atoms with Crippen LogP contribution in [0.4, 0.5) is 5.82 Å². The average Bonchev–Trinajstić information content (AvgIpc) is 2.35. The Balaban J connectivity index is 2.04. The fraction of sp³-hybridized carbons (Fsp3) is 0.733. The average molecular weight is 262 g/mol. The van der Waals surface area contributed by atoms with Crippen LogP contribution in [0.15, 0.2) is 6.33 Å². The number of aromatic nitrogens is 2. The largest absolute Gasteiger partial charge is 0.369 e. The van der Waals surface area contributed by atoms with Crippen molar-refractivity contribution in [1.29, 1.82) is 0 Å². The van der Waals surface area contributed by atoms with Gasteiger partial charge in [-0.15, -0.1) is 0 Å². The second-order valence-corrected chi connectivity index (χ2v) is 6.61. The summed E-state index contributed by atoms with van der Waals surface area (Å²) in [5.74, 6) is 1.05. The van der Waals surface area contributed by atoms with Crippen LogP contribution >= 0.6 is 0 Å². The highest BCUT2D eigenvalue weighted by molar-refractivity contribution is 5.47. The Morgan fingerprint density at radius 2 is 1.95 bits per heavy atom. The Bertz CT molecular complexity index is 426. The van der Waals surface area contributed by atoms with Crippen molar-refractivity contribution < 1.29 is 0 Å². The number of anilines is 1. The van der Waals surface area contributed by atoms with Crippen LogP contribution in [0.2, 0.25) is 0 Å². The predicted octanol–water partition coefficient (Wildman–Crippen LogP) is 2.36. The van der Waals surface area contributed by atoms with E-state index in [9.17, 15) is 0 Å². The van der Waals surface area contributed by atoms with Crippen molar-refractivity contribution in [3.63, 3.8) is 0 Å². The molecule has 1 N–H and O–H groups in total. The molecule has 0 aliphatic heterocycles. The van der Waals surface area contributed by atoms with Crippen LogP contribution in [0.5, 0.6) is 0 Å². The number of hydrogen-bond donors (Lipinski definition) is 1. The van der Waals surface area contributed by atoms with Crippen LogP contribution in [-0.4, -0.2) is 42.1 Å². The molecule has 4 nitrogen and oxygen atoms in total. The molecule has 0 spiro atoms. The summed E-state index contributed by atoms with van der Waals surface area (Å²) < 4.78 is 0. The van der Waals surface area contributed by atoms with Crippen molar-refractivity contribution in [3.8, 4) is 0 Å². The summed E-state index contributed by atoms with van der Waals surface area (Å²) in [7, 11) is 4.24. The number of aryl methyl sites for hydroxylation is 1. The van der Waals surface area contributed by atoms with Gasteiger partial charge in [0.25, 0.3) is 0 Å². The van der Waals surface area contributed by atoms with Gasteiger partial charge in [-0.3, -0.25) is 0 Å². The second-order valence-electron chi connectivity index (χ2n) is 6.61. The number of rotatable bonds is 5. The minimum absolute atomic E-state index is 0.232. The monoisotopic (exact) mass is 262 g/mol. The molecule has 0 radical (unpaired) electrons. The van der Waals surface area contributed by atoms with E-state index in [4.69, 9.17) is 0 Å². The molecule has 1 aliphatic rings. The Hall–Kier alpha value is -1.16. The van der Waals surface area contributed by atoms with E-state index >= 15 is 0 Å². The number of nitrogens with one attached hydrogen (secondary N) is 1. The van der Waals surface area contributed by atoms with Gasteiger partial charge < -0.3 is 10.2 Å². The molecule has 1 heterocycles. The molecule has 1 aliphatic carbocycles. The van der Waals surface area contributed by atoms with Gasteiger partial charge in [-0.25, -0.2) is 9.97 Å². The van der Waals surface area contributed by atoms with Gasteiger partial charge in [-0.2, -0.15) is 0 Å². The van der Waals surface area contributed by atoms with E-state index in [1.807, 2.05) is 0 Å². The van der Waals surface area contributed by atoms with Gasteiger partial charge in [-0.1, -0.05) is 13.8 Å². The van der Waals surface area contributed by atoms with Crippen LogP contribution in [0, 0.1) is 5.41 Å². The predicted molar refractivity (Wildman–Crippen MR) is 79.5 cm³/mol.